The molecule has 0 aliphatic heterocycles. The average molecular weight is 327 g/mol. The van der Waals surface area contributed by atoms with Gasteiger partial charge in [0.25, 0.3) is 0 Å². The van der Waals surface area contributed by atoms with Crippen LogP contribution in [0, 0.1) is 3.57 Å². The molecule has 0 aromatic carbocycles. The quantitative estimate of drug-likeness (QED) is 0.636. The molecule has 1 atom stereocenters. The van der Waals surface area contributed by atoms with Gasteiger partial charge in [-0.2, -0.15) is 0 Å². The molecule has 1 unspecified atom stereocenters. The van der Waals surface area contributed by atoms with Crippen molar-refractivity contribution in [1.82, 2.24) is 4.98 Å². The number of nitrogens with zero attached hydrogens (tertiary/aromatic N) is 1. The Morgan fingerprint density at radius 1 is 1.73 bits per heavy atom. The van der Waals surface area contributed by atoms with Gasteiger partial charge in [0, 0.05) is 21.4 Å². The van der Waals surface area contributed by atoms with Crippen molar-refractivity contribution >= 4 is 38.5 Å². The van der Waals surface area contributed by atoms with Crippen molar-refractivity contribution in [2.75, 3.05) is 0 Å². The molecule has 0 amide bonds. The second kappa shape index (κ2) is 3.82. The Hall–Kier alpha value is 0.320. The molecular formula is C7H8BrIN2. The highest BCUT2D eigenvalue weighted by atomic mass is 127. The standard InChI is InChI=1S/C7H8BrIN2/c1-4(10)6-2-5(9)3-11-7(6)8/h2-4H,10H2,1H3. The lowest BCUT2D eigenvalue weighted by molar-refractivity contribution is 0.803. The summed E-state index contributed by atoms with van der Waals surface area (Å²) in [6, 6.07) is 2.06. The van der Waals surface area contributed by atoms with Gasteiger partial charge in [-0.05, 0) is 51.5 Å². The van der Waals surface area contributed by atoms with E-state index in [1.54, 1.807) is 6.20 Å². The van der Waals surface area contributed by atoms with E-state index in [-0.39, 0.29) is 6.04 Å². The van der Waals surface area contributed by atoms with E-state index < -0.39 is 0 Å². The molecule has 0 spiro atoms. The lowest BCUT2D eigenvalue weighted by Crippen LogP contribution is -2.06. The molecule has 1 rings (SSSR count). The maximum absolute atomic E-state index is 5.71. The minimum absolute atomic E-state index is 0.0339. The Labute approximate surface area is 87.9 Å². The van der Waals surface area contributed by atoms with Crippen LogP contribution in [0.1, 0.15) is 18.5 Å². The number of hydrogen-bond donors (Lipinski definition) is 1. The molecule has 11 heavy (non-hydrogen) atoms. The second-order valence-electron chi connectivity index (χ2n) is 2.32. The van der Waals surface area contributed by atoms with Crippen LogP contribution in [0.2, 0.25) is 0 Å². The molecule has 1 aromatic heterocycles. The van der Waals surface area contributed by atoms with Crippen LogP contribution in [0.25, 0.3) is 0 Å². The summed E-state index contributed by atoms with van der Waals surface area (Å²) in [7, 11) is 0. The van der Waals surface area contributed by atoms with Crippen LogP contribution in [0.5, 0.6) is 0 Å². The lowest BCUT2D eigenvalue weighted by Gasteiger charge is -2.06. The summed E-state index contributed by atoms with van der Waals surface area (Å²) >= 11 is 5.55. The van der Waals surface area contributed by atoms with Gasteiger partial charge in [-0.25, -0.2) is 4.98 Å². The zero-order chi connectivity index (χ0) is 8.43. The zero-order valence-corrected chi connectivity index (χ0v) is 9.76. The van der Waals surface area contributed by atoms with E-state index in [4.69, 9.17) is 5.73 Å². The summed E-state index contributed by atoms with van der Waals surface area (Å²) in [4.78, 5) is 4.13. The third-order valence-corrected chi connectivity index (χ3v) is 2.58. The molecule has 0 aliphatic carbocycles. The fourth-order valence-electron chi connectivity index (χ4n) is 0.758. The third kappa shape index (κ3) is 2.38. The van der Waals surface area contributed by atoms with Crippen molar-refractivity contribution in [3.8, 4) is 0 Å². The zero-order valence-electron chi connectivity index (χ0n) is 6.01. The van der Waals surface area contributed by atoms with E-state index in [1.165, 1.54) is 0 Å². The summed E-state index contributed by atoms with van der Waals surface area (Å²) in [6.07, 6.45) is 1.80. The smallest absolute Gasteiger partial charge is 0.110 e. The molecule has 2 nitrogen and oxygen atoms in total. The van der Waals surface area contributed by atoms with Crippen molar-refractivity contribution in [2.24, 2.45) is 5.73 Å². The van der Waals surface area contributed by atoms with Gasteiger partial charge in [0.05, 0.1) is 0 Å². The van der Waals surface area contributed by atoms with E-state index in [9.17, 15) is 0 Å². The van der Waals surface area contributed by atoms with Crippen molar-refractivity contribution in [2.45, 2.75) is 13.0 Å². The molecule has 0 fully saturated rings. The molecule has 4 heteroatoms. The predicted octanol–water partition coefficient (Wildman–Crippen LogP) is 2.47. The monoisotopic (exact) mass is 326 g/mol. The number of halogens is 2. The first kappa shape index (κ1) is 9.41. The summed E-state index contributed by atoms with van der Waals surface area (Å²) in [5, 5.41) is 0. The summed E-state index contributed by atoms with van der Waals surface area (Å²) < 4.78 is 1.95. The maximum atomic E-state index is 5.71. The minimum Gasteiger partial charge on any atom is -0.324 e. The Kier molecular flexibility index (Phi) is 3.27. The highest BCUT2D eigenvalue weighted by Crippen LogP contribution is 2.20. The predicted molar refractivity (Wildman–Crippen MR) is 57.3 cm³/mol. The second-order valence-corrected chi connectivity index (χ2v) is 4.32. The highest BCUT2D eigenvalue weighted by Gasteiger charge is 2.05. The van der Waals surface area contributed by atoms with Crippen LogP contribution in [0.3, 0.4) is 0 Å². The van der Waals surface area contributed by atoms with Crippen molar-refractivity contribution < 1.29 is 0 Å². The molecule has 0 bridgehead atoms. The van der Waals surface area contributed by atoms with Crippen LogP contribution in [0.4, 0.5) is 0 Å². The number of pyridine rings is 1. The summed E-state index contributed by atoms with van der Waals surface area (Å²) in [6.45, 7) is 1.94. The lowest BCUT2D eigenvalue weighted by atomic mass is 10.2. The van der Waals surface area contributed by atoms with Crippen LogP contribution in [-0.4, -0.2) is 4.98 Å². The van der Waals surface area contributed by atoms with Crippen molar-refractivity contribution in [3.05, 3.63) is 26.0 Å². The molecule has 0 saturated heterocycles. The SMILES string of the molecule is CC(N)c1cc(I)cnc1Br. The Morgan fingerprint density at radius 2 is 2.36 bits per heavy atom. The Balaban J connectivity index is 3.13. The Bertz CT molecular complexity index is 263. The Morgan fingerprint density at radius 3 is 2.82 bits per heavy atom. The van der Waals surface area contributed by atoms with Gasteiger partial charge < -0.3 is 5.73 Å². The number of rotatable bonds is 1. The fraction of sp³-hybridized carbons (Fsp3) is 0.286. The molecule has 0 radical (unpaired) electrons. The molecule has 2 N–H and O–H groups in total. The minimum atomic E-state index is 0.0339. The largest absolute Gasteiger partial charge is 0.324 e. The van der Waals surface area contributed by atoms with Gasteiger partial charge in [0.2, 0.25) is 0 Å². The van der Waals surface area contributed by atoms with Crippen molar-refractivity contribution in [3.63, 3.8) is 0 Å². The fourth-order valence-corrected chi connectivity index (χ4v) is 1.81. The molecule has 0 aliphatic rings. The van der Waals surface area contributed by atoms with Crippen LogP contribution in [-0.2, 0) is 0 Å². The topological polar surface area (TPSA) is 38.9 Å². The van der Waals surface area contributed by atoms with Gasteiger partial charge in [-0.1, -0.05) is 0 Å². The van der Waals surface area contributed by atoms with E-state index in [0.717, 1.165) is 13.7 Å². The number of nitrogens with two attached hydrogens (primary N) is 1. The maximum Gasteiger partial charge on any atom is 0.110 e. The van der Waals surface area contributed by atoms with Gasteiger partial charge in [-0.15, -0.1) is 0 Å². The molecule has 1 aromatic rings. The van der Waals surface area contributed by atoms with Crippen molar-refractivity contribution in [1.29, 1.82) is 0 Å². The van der Waals surface area contributed by atoms with E-state index in [1.807, 2.05) is 13.0 Å². The highest BCUT2D eigenvalue weighted by molar-refractivity contribution is 14.1. The van der Waals surface area contributed by atoms with Gasteiger partial charge in [0.15, 0.2) is 0 Å². The molecular weight excluding hydrogens is 319 g/mol. The van der Waals surface area contributed by atoms with Gasteiger partial charge in [0.1, 0.15) is 4.60 Å². The normalized spacial score (nSPS) is 13.1. The van der Waals surface area contributed by atoms with E-state index >= 15 is 0 Å². The summed E-state index contributed by atoms with van der Waals surface area (Å²) in [5.74, 6) is 0. The van der Waals surface area contributed by atoms with Gasteiger partial charge >= 0.3 is 0 Å². The number of aromatic nitrogens is 1. The summed E-state index contributed by atoms with van der Waals surface area (Å²) in [5.41, 5.74) is 6.76. The first-order valence-electron chi connectivity index (χ1n) is 3.18. The third-order valence-electron chi connectivity index (χ3n) is 1.32. The molecule has 0 saturated carbocycles. The van der Waals surface area contributed by atoms with Crippen LogP contribution in [0.15, 0.2) is 16.9 Å². The average Bonchev–Trinajstić information content (AvgIpc) is 1.94. The first-order valence-corrected chi connectivity index (χ1v) is 5.05. The number of hydrogen-bond acceptors (Lipinski definition) is 2. The first-order chi connectivity index (χ1) is 5.11. The van der Waals surface area contributed by atoms with E-state index in [0.29, 0.717) is 0 Å². The molecule has 1 heterocycles. The van der Waals surface area contributed by atoms with Crippen LogP contribution < -0.4 is 5.73 Å². The van der Waals surface area contributed by atoms with Crippen LogP contribution >= 0.6 is 38.5 Å². The van der Waals surface area contributed by atoms with E-state index in [2.05, 4.69) is 43.5 Å². The molecule has 60 valence electrons. The van der Waals surface area contributed by atoms with Gasteiger partial charge in [-0.3, -0.25) is 0 Å².